The predicted octanol–water partition coefficient (Wildman–Crippen LogP) is 5.10. The van der Waals surface area contributed by atoms with Crippen molar-refractivity contribution in [2.45, 2.75) is 95.9 Å². The Balaban J connectivity index is 1.67. The van der Waals surface area contributed by atoms with E-state index in [4.69, 9.17) is 24.9 Å². The van der Waals surface area contributed by atoms with Crippen LogP contribution in [0.4, 0.5) is 0 Å². The molecule has 6 nitrogen and oxygen atoms in total. The van der Waals surface area contributed by atoms with Crippen LogP contribution < -0.4 is 15.2 Å². The number of nitrogens with zero attached hydrogens (tertiary/aromatic N) is 2. The Morgan fingerprint density at radius 1 is 1.03 bits per heavy atom. The molecule has 1 saturated heterocycles. The van der Waals surface area contributed by atoms with Crippen LogP contribution in [0.25, 0.3) is 10.9 Å². The molecule has 1 aromatic heterocycles. The summed E-state index contributed by atoms with van der Waals surface area (Å²) in [6, 6.07) is 9.20. The summed E-state index contributed by atoms with van der Waals surface area (Å²) in [4.78, 5) is 7.70. The van der Waals surface area contributed by atoms with Crippen molar-refractivity contribution in [2.75, 3.05) is 26.9 Å². The second-order valence-corrected chi connectivity index (χ2v) is 10.2. The van der Waals surface area contributed by atoms with Crippen molar-refractivity contribution in [1.82, 2.24) is 9.88 Å². The minimum Gasteiger partial charge on any atom is -0.490 e. The molecule has 1 aromatic carbocycles. The molecule has 0 bridgehead atoms. The Morgan fingerprint density at radius 2 is 1.82 bits per heavy atom. The second-order valence-electron chi connectivity index (χ2n) is 10.2. The van der Waals surface area contributed by atoms with Gasteiger partial charge in [-0.25, -0.2) is 4.98 Å². The van der Waals surface area contributed by atoms with Crippen LogP contribution in [-0.2, 0) is 11.2 Å². The second kappa shape index (κ2) is 12.2. The molecular formula is C28H43N3O3. The van der Waals surface area contributed by atoms with Crippen LogP contribution in [0.3, 0.4) is 0 Å². The molecule has 4 rings (SSSR count). The van der Waals surface area contributed by atoms with E-state index in [1.165, 1.54) is 25.7 Å². The van der Waals surface area contributed by atoms with Crippen molar-refractivity contribution < 1.29 is 14.2 Å². The molecule has 188 valence electrons. The number of rotatable bonds is 9. The van der Waals surface area contributed by atoms with Gasteiger partial charge in [0.25, 0.3) is 0 Å². The topological polar surface area (TPSA) is 69.8 Å². The van der Waals surface area contributed by atoms with Crippen LogP contribution in [0.1, 0.15) is 70.9 Å². The van der Waals surface area contributed by atoms with E-state index in [2.05, 4.69) is 43.0 Å². The quantitative estimate of drug-likeness (QED) is 0.407. The largest absolute Gasteiger partial charge is 0.490 e. The minimum atomic E-state index is 0.156. The Hall–Kier alpha value is -1.89. The lowest BCUT2D eigenvalue weighted by molar-refractivity contribution is 0.0939. The Morgan fingerprint density at radius 3 is 2.56 bits per heavy atom. The van der Waals surface area contributed by atoms with Gasteiger partial charge in [0.05, 0.1) is 12.7 Å². The summed E-state index contributed by atoms with van der Waals surface area (Å²) in [5.74, 6) is 1.72. The van der Waals surface area contributed by atoms with Crippen LogP contribution in [0.2, 0.25) is 0 Å². The molecule has 2 N–H and O–H groups in total. The standard InChI is InChI=1S/C28H43N3O3/c1-20(2)31-15-9-13-24(29)25(31)18-21-19-27(33-17-16-32-3)23-12-8-14-26(28(23)30-21)34-22-10-6-4-5-7-11-22/h8,12,14,19-20,22,24-25H,4-7,9-11,13,15-18,29H2,1-3H3/t24?,25-/m1/s1. The number of piperidine rings is 1. The Bertz CT molecular complexity index is 911. The molecule has 6 heteroatoms. The van der Waals surface area contributed by atoms with Crippen molar-refractivity contribution >= 4 is 10.9 Å². The number of methoxy groups -OCH3 is 1. The molecule has 1 aliphatic carbocycles. The number of nitrogens with two attached hydrogens (primary N) is 1. The van der Waals surface area contributed by atoms with Crippen LogP contribution in [0, 0.1) is 0 Å². The highest BCUT2D eigenvalue weighted by atomic mass is 16.5. The van der Waals surface area contributed by atoms with E-state index in [-0.39, 0.29) is 18.2 Å². The summed E-state index contributed by atoms with van der Waals surface area (Å²) >= 11 is 0. The Labute approximate surface area is 205 Å². The summed E-state index contributed by atoms with van der Waals surface area (Å²) in [7, 11) is 1.70. The smallest absolute Gasteiger partial charge is 0.146 e. The SMILES string of the molecule is COCCOc1cc(C[C@@H]2C(N)CCCN2C(C)C)nc2c(OC3CCCCCC3)cccc12. The van der Waals surface area contributed by atoms with Crippen LogP contribution in [0.5, 0.6) is 11.5 Å². The van der Waals surface area contributed by atoms with E-state index < -0.39 is 0 Å². The van der Waals surface area contributed by atoms with E-state index in [1.807, 2.05) is 0 Å². The predicted molar refractivity (Wildman–Crippen MR) is 138 cm³/mol. The van der Waals surface area contributed by atoms with Gasteiger partial charge >= 0.3 is 0 Å². The molecular weight excluding hydrogens is 426 g/mol. The lowest BCUT2D eigenvalue weighted by Gasteiger charge is -2.42. The lowest BCUT2D eigenvalue weighted by atomic mass is 9.91. The molecule has 2 heterocycles. The molecule has 2 atom stereocenters. The fourth-order valence-electron chi connectivity index (χ4n) is 5.57. The van der Waals surface area contributed by atoms with E-state index in [0.717, 1.165) is 66.7 Å². The van der Waals surface area contributed by atoms with E-state index >= 15 is 0 Å². The highest BCUT2D eigenvalue weighted by Crippen LogP contribution is 2.34. The highest BCUT2D eigenvalue weighted by Gasteiger charge is 2.31. The van der Waals surface area contributed by atoms with Gasteiger partial charge < -0.3 is 19.9 Å². The van der Waals surface area contributed by atoms with Gasteiger partial charge in [-0.2, -0.15) is 0 Å². The molecule has 1 saturated carbocycles. The Kier molecular flexibility index (Phi) is 9.04. The number of likely N-dealkylation sites (tertiary alicyclic amines) is 1. The normalized spacial score (nSPS) is 22.7. The van der Waals surface area contributed by atoms with Crippen molar-refractivity contribution in [3.05, 3.63) is 30.0 Å². The summed E-state index contributed by atoms with van der Waals surface area (Å²) < 4.78 is 18.0. The third kappa shape index (κ3) is 6.21. The zero-order chi connectivity index (χ0) is 23.9. The van der Waals surface area contributed by atoms with Crippen LogP contribution >= 0.6 is 0 Å². The number of hydrogen-bond donors (Lipinski definition) is 1. The van der Waals surface area contributed by atoms with Gasteiger partial charge in [0.2, 0.25) is 0 Å². The number of benzene rings is 1. The van der Waals surface area contributed by atoms with E-state index in [0.29, 0.717) is 19.3 Å². The maximum Gasteiger partial charge on any atom is 0.146 e. The average molecular weight is 470 g/mol. The number of para-hydroxylation sites is 1. The summed E-state index contributed by atoms with van der Waals surface area (Å²) in [6.07, 6.45) is 10.6. The number of ether oxygens (including phenoxy) is 3. The summed E-state index contributed by atoms with van der Waals surface area (Å²) in [5, 5.41) is 1.000. The number of pyridine rings is 1. The monoisotopic (exact) mass is 469 g/mol. The zero-order valence-corrected chi connectivity index (χ0v) is 21.3. The van der Waals surface area contributed by atoms with E-state index in [9.17, 15) is 0 Å². The number of aromatic nitrogens is 1. The van der Waals surface area contributed by atoms with Crippen molar-refractivity contribution in [2.24, 2.45) is 5.73 Å². The van der Waals surface area contributed by atoms with Gasteiger partial charge in [0.15, 0.2) is 0 Å². The number of fused-ring (bicyclic) bond motifs is 1. The fraction of sp³-hybridized carbons (Fsp3) is 0.679. The summed E-state index contributed by atoms with van der Waals surface area (Å²) in [6.45, 7) is 6.67. The first-order valence-corrected chi connectivity index (χ1v) is 13.3. The molecule has 0 radical (unpaired) electrons. The molecule has 2 aromatic rings. The lowest BCUT2D eigenvalue weighted by Crippen LogP contribution is -2.55. The molecule has 34 heavy (non-hydrogen) atoms. The molecule has 1 aliphatic heterocycles. The van der Waals surface area contributed by atoms with Crippen LogP contribution in [0.15, 0.2) is 24.3 Å². The van der Waals surface area contributed by atoms with E-state index in [1.54, 1.807) is 7.11 Å². The van der Waals surface area contributed by atoms with Gasteiger partial charge in [-0.3, -0.25) is 4.90 Å². The van der Waals surface area contributed by atoms with Gasteiger partial charge in [-0.05, 0) is 71.0 Å². The maximum absolute atomic E-state index is 6.63. The van der Waals surface area contributed by atoms with Gasteiger partial charge in [0.1, 0.15) is 23.6 Å². The molecule has 0 spiro atoms. The minimum absolute atomic E-state index is 0.156. The molecule has 1 unspecified atom stereocenters. The molecule has 2 aliphatic rings. The average Bonchev–Trinajstić information content (AvgIpc) is 3.09. The first kappa shape index (κ1) is 25.2. The molecule has 0 amide bonds. The number of hydrogen-bond acceptors (Lipinski definition) is 6. The van der Waals surface area contributed by atoms with Gasteiger partial charge in [0, 0.05) is 48.8 Å². The summed E-state index contributed by atoms with van der Waals surface area (Å²) in [5.41, 5.74) is 8.55. The van der Waals surface area contributed by atoms with Crippen molar-refractivity contribution in [3.8, 4) is 11.5 Å². The van der Waals surface area contributed by atoms with Gasteiger partial charge in [-0.15, -0.1) is 0 Å². The van der Waals surface area contributed by atoms with Crippen molar-refractivity contribution in [3.63, 3.8) is 0 Å². The van der Waals surface area contributed by atoms with Crippen molar-refractivity contribution in [1.29, 1.82) is 0 Å². The first-order chi connectivity index (χ1) is 16.6. The fourth-order valence-corrected chi connectivity index (χ4v) is 5.57. The molecule has 2 fully saturated rings. The van der Waals surface area contributed by atoms with Gasteiger partial charge in [-0.1, -0.05) is 18.9 Å². The zero-order valence-electron chi connectivity index (χ0n) is 21.3. The first-order valence-electron chi connectivity index (χ1n) is 13.3. The highest BCUT2D eigenvalue weighted by molar-refractivity contribution is 5.90. The maximum atomic E-state index is 6.63. The third-order valence-corrected chi connectivity index (χ3v) is 7.41. The van der Waals surface area contributed by atoms with Crippen LogP contribution in [-0.4, -0.2) is 61.0 Å². The third-order valence-electron chi connectivity index (χ3n) is 7.41.